The molecule has 74 valence electrons. The first-order valence-corrected chi connectivity index (χ1v) is 4.89. The number of hydrogen-bond acceptors (Lipinski definition) is 3. The molecule has 4 nitrogen and oxygen atoms in total. The molecule has 2 fully saturated rings. The second-order valence-electron chi connectivity index (χ2n) is 3.78. The highest BCUT2D eigenvalue weighted by atomic mass is 16.6. The predicted octanol–water partition coefficient (Wildman–Crippen LogP) is 0.742. The molecule has 1 aliphatic heterocycles. The molecule has 0 aromatic heterocycles. The Morgan fingerprint density at radius 2 is 2.15 bits per heavy atom. The fraction of sp³-hybridized carbons (Fsp3) is 0.889. The predicted molar refractivity (Wildman–Crippen MR) is 46.3 cm³/mol. The highest BCUT2D eigenvalue weighted by Crippen LogP contribution is 2.26. The van der Waals surface area contributed by atoms with Gasteiger partial charge in [-0.3, -0.25) is 0 Å². The molecule has 4 heteroatoms. The number of rotatable bonds is 2. The minimum absolute atomic E-state index is 0.0606. The number of carbonyl (C=O) groups excluding carboxylic acids is 1. The molecule has 2 aliphatic rings. The maximum absolute atomic E-state index is 11.3. The van der Waals surface area contributed by atoms with Crippen LogP contribution in [0.5, 0.6) is 0 Å². The van der Waals surface area contributed by atoms with Crippen molar-refractivity contribution in [3.8, 4) is 0 Å². The van der Waals surface area contributed by atoms with Gasteiger partial charge in [0.05, 0.1) is 13.2 Å². The maximum atomic E-state index is 11.3. The van der Waals surface area contributed by atoms with E-state index in [1.54, 1.807) is 4.90 Å². The lowest BCUT2D eigenvalue weighted by Gasteiger charge is -2.20. The Morgan fingerprint density at radius 3 is 2.69 bits per heavy atom. The molecule has 1 unspecified atom stereocenters. The molecule has 0 radical (unpaired) electrons. The number of cyclic esters (lactones) is 1. The van der Waals surface area contributed by atoms with Crippen molar-refractivity contribution in [2.24, 2.45) is 0 Å². The van der Waals surface area contributed by atoms with Crippen molar-refractivity contribution in [2.75, 3.05) is 13.2 Å². The topological polar surface area (TPSA) is 49.8 Å². The fourth-order valence-corrected chi connectivity index (χ4v) is 2.15. The fourth-order valence-electron chi connectivity index (χ4n) is 2.15. The van der Waals surface area contributed by atoms with Gasteiger partial charge in [0.25, 0.3) is 0 Å². The summed E-state index contributed by atoms with van der Waals surface area (Å²) in [6.07, 6.45) is 4.05. The molecular weight excluding hydrogens is 170 g/mol. The Hall–Kier alpha value is -0.770. The Kier molecular flexibility index (Phi) is 2.40. The smallest absolute Gasteiger partial charge is 0.410 e. The molecule has 13 heavy (non-hydrogen) atoms. The number of hydrogen-bond donors (Lipinski definition) is 1. The van der Waals surface area contributed by atoms with E-state index in [1.807, 2.05) is 0 Å². The first-order chi connectivity index (χ1) is 6.31. The van der Waals surface area contributed by atoms with E-state index >= 15 is 0 Å². The van der Waals surface area contributed by atoms with Gasteiger partial charge in [-0.15, -0.1) is 0 Å². The SMILES string of the molecule is O=C1OC(CO)CN1C1CCCC1. The molecular formula is C9H15NO3. The normalized spacial score (nSPS) is 29.8. The van der Waals surface area contributed by atoms with Gasteiger partial charge in [-0.05, 0) is 12.8 Å². The second kappa shape index (κ2) is 3.54. The highest BCUT2D eigenvalue weighted by Gasteiger charge is 2.36. The van der Waals surface area contributed by atoms with E-state index in [0.29, 0.717) is 12.6 Å². The molecule has 1 saturated carbocycles. The first kappa shape index (κ1) is 8.81. The number of aliphatic hydroxyl groups excluding tert-OH is 1. The van der Waals surface area contributed by atoms with Crippen LogP contribution in [-0.4, -0.2) is 41.4 Å². The summed E-state index contributed by atoms with van der Waals surface area (Å²) in [5, 5.41) is 8.84. The Morgan fingerprint density at radius 1 is 1.46 bits per heavy atom. The summed E-state index contributed by atoms with van der Waals surface area (Å²) in [6, 6.07) is 0.365. The van der Waals surface area contributed by atoms with Crippen LogP contribution in [0.4, 0.5) is 4.79 Å². The first-order valence-electron chi connectivity index (χ1n) is 4.89. The standard InChI is InChI=1S/C9H15NO3/c11-6-8-5-10(9(12)13-8)7-3-1-2-4-7/h7-8,11H,1-6H2. The molecule has 1 aliphatic carbocycles. The van der Waals surface area contributed by atoms with Crippen molar-refractivity contribution < 1.29 is 14.6 Å². The lowest BCUT2D eigenvalue weighted by Crippen LogP contribution is -2.34. The van der Waals surface area contributed by atoms with Gasteiger partial charge in [0.2, 0.25) is 0 Å². The van der Waals surface area contributed by atoms with Crippen LogP contribution in [0.15, 0.2) is 0 Å². The second-order valence-corrected chi connectivity index (χ2v) is 3.78. The number of nitrogens with zero attached hydrogens (tertiary/aromatic N) is 1. The number of aliphatic hydroxyl groups is 1. The van der Waals surface area contributed by atoms with E-state index < -0.39 is 0 Å². The van der Waals surface area contributed by atoms with Crippen molar-refractivity contribution in [1.29, 1.82) is 0 Å². The van der Waals surface area contributed by atoms with Gasteiger partial charge in [-0.2, -0.15) is 0 Å². The van der Waals surface area contributed by atoms with Crippen LogP contribution in [0.2, 0.25) is 0 Å². The van der Waals surface area contributed by atoms with E-state index in [1.165, 1.54) is 12.8 Å². The Bertz CT molecular complexity index is 201. The summed E-state index contributed by atoms with van der Waals surface area (Å²) < 4.78 is 4.97. The zero-order chi connectivity index (χ0) is 9.26. The highest BCUT2D eigenvalue weighted by molar-refractivity contribution is 5.70. The lowest BCUT2D eigenvalue weighted by atomic mass is 10.2. The molecule has 0 spiro atoms. The molecule has 1 amide bonds. The summed E-state index contributed by atoms with van der Waals surface area (Å²) in [7, 11) is 0. The third-order valence-electron chi connectivity index (χ3n) is 2.87. The van der Waals surface area contributed by atoms with Crippen molar-refractivity contribution in [3.63, 3.8) is 0 Å². The zero-order valence-corrected chi connectivity index (χ0v) is 7.61. The van der Waals surface area contributed by atoms with Gasteiger partial charge in [0.1, 0.15) is 6.10 Å². The van der Waals surface area contributed by atoms with Crippen molar-refractivity contribution in [2.45, 2.75) is 37.8 Å². The quantitative estimate of drug-likeness (QED) is 0.690. The van der Waals surface area contributed by atoms with Gasteiger partial charge in [-0.1, -0.05) is 12.8 Å². The van der Waals surface area contributed by atoms with Gasteiger partial charge in [0, 0.05) is 6.04 Å². The molecule has 1 N–H and O–H groups in total. The summed E-state index contributed by atoms with van der Waals surface area (Å²) in [6.45, 7) is 0.509. The van der Waals surface area contributed by atoms with Crippen LogP contribution in [0, 0.1) is 0 Å². The number of carbonyl (C=O) groups is 1. The van der Waals surface area contributed by atoms with E-state index in [4.69, 9.17) is 9.84 Å². The molecule has 0 aromatic carbocycles. The third kappa shape index (κ3) is 1.63. The summed E-state index contributed by atoms with van der Waals surface area (Å²) in [4.78, 5) is 13.1. The maximum Gasteiger partial charge on any atom is 0.410 e. The Labute approximate surface area is 77.5 Å². The largest absolute Gasteiger partial charge is 0.442 e. The number of ether oxygens (including phenoxy) is 1. The molecule has 0 bridgehead atoms. The average Bonchev–Trinajstić information content (AvgIpc) is 2.72. The van der Waals surface area contributed by atoms with Crippen molar-refractivity contribution in [1.82, 2.24) is 4.90 Å². The molecule has 0 aromatic rings. The van der Waals surface area contributed by atoms with E-state index in [-0.39, 0.29) is 18.8 Å². The van der Waals surface area contributed by atoms with Crippen LogP contribution in [0.3, 0.4) is 0 Å². The van der Waals surface area contributed by atoms with E-state index in [9.17, 15) is 4.79 Å². The van der Waals surface area contributed by atoms with Gasteiger partial charge >= 0.3 is 6.09 Å². The molecule has 1 heterocycles. The van der Waals surface area contributed by atoms with Crippen LogP contribution >= 0.6 is 0 Å². The van der Waals surface area contributed by atoms with Crippen LogP contribution in [0.1, 0.15) is 25.7 Å². The van der Waals surface area contributed by atoms with Gasteiger partial charge < -0.3 is 14.7 Å². The van der Waals surface area contributed by atoms with Crippen LogP contribution < -0.4 is 0 Å². The molecule has 1 atom stereocenters. The lowest BCUT2D eigenvalue weighted by molar-refractivity contribution is 0.0940. The molecule has 2 rings (SSSR count). The van der Waals surface area contributed by atoms with Crippen LogP contribution in [-0.2, 0) is 4.74 Å². The third-order valence-corrected chi connectivity index (χ3v) is 2.87. The zero-order valence-electron chi connectivity index (χ0n) is 7.61. The van der Waals surface area contributed by atoms with Crippen LogP contribution in [0.25, 0.3) is 0 Å². The monoisotopic (exact) mass is 185 g/mol. The summed E-state index contributed by atoms with van der Waals surface area (Å²) in [5.41, 5.74) is 0. The van der Waals surface area contributed by atoms with Crippen molar-refractivity contribution >= 4 is 6.09 Å². The molecule has 1 saturated heterocycles. The summed E-state index contributed by atoms with van der Waals surface area (Å²) in [5.74, 6) is 0. The average molecular weight is 185 g/mol. The van der Waals surface area contributed by atoms with E-state index in [2.05, 4.69) is 0 Å². The summed E-state index contributed by atoms with van der Waals surface area (Å²) >= 11 is 0. The van der Waals surface area contributed by atoms with Crippen molar-refractivity contribution in [3.05, 3.63) is 0 Å². The van der Waals surface area contributed by atoms with Gasteiger partial charge in [-0.25, -0.2) is 4.79 Å². The number of amides is 1. The minimum atomic E-state index is -0.298. The van der Waals surface area contributed by atoms with E-state index in [0.717, 1.165) is 12.8 Å². The van der Waals surface area contributed by atoms with Gasteiger partial charge in [0.15, 0.2) is 0 Å². The Balaban J connectivity index is 1.95. The minimum Gasteiger partial charge on any atom is -0.442 e.